The molecule has 0 spiro atoms. The Balaban J connectivity index is 3.41. The molecule has 0 radical (unpaired) electrons. The molecule has 0 aromatic carbocycles. The first-order valence-electron chi connectivity index (χ1n) is 8.72. The van der Waals surface area contributed by atoms with Crippen LogP contribution < -0.4 is 5.73 Å². The van der Waals surface area contributed by atoms with Crippen LogP contribution in [-0.2, 0) is 0 Å². The van der Waals surface area contributed by atoms with Crippen molar-refractivity contribution in [1.82, 2.24) is 0 Å². The second-order valence-corrected chi connectivity index (χ2v) is 6.17. The fourth-order valence-electron chi connectivity index (χ4n) is 2.79. The van der Waals surface area contributed by atoms with Crippen LogP contribution in [0.1, 0.15) is 90.4 Å². The lowest BCUT2D eigenvalue weighted by Crippen LogP contribution is -2.32. The van der Waals surface area contributed by atoms with E-state index in [1.54, 1.807) is 0 Å². The van der Waals surface area contributed by atoms with Gasteiger partial charge in [-0.3, -0.25) is 0 Å². The van der Waals surface area contributed by atoms with E-state index in [4.69, 9.17) is 10.8 Å². The monoisotopic (exact) mass is 287 g/mol. The molecule has 0 rings (SSSR count). The Hall–Kier alpha value is -0.120. The van der Waals surface area contributed by atoms with Gasteiger partial charge in [-0.05, 0) is 25.8 Å². The van der Waals surface area contributed by atoms with Crippen LogP contribution in [0.25, 0.3) is 0 Å². The summed E-state index contributed by atoms with van der Waals surface area (Å²) >= 11 is 0. The molecule has 0 aliphatic rings. The topological polar surface area (TPSA) is 66.5 Å². The zero-order valence-electron chi connectivity index (χ0n) is 13.6. The van der Waals surface area contributed by atoms with Gasteiger partial charge in [-0.15, -0.1) is 0 Å². The number of nitrogens with two attached hydrogens (primary N) is 1. The summed E-state index contributed by atoms with van der Waals surface area (Å²) in [6.07, 6.45) is 14.9. The van der Waals surface area contributed by atoms with E-state index >= 15 is 0 Å². The van der Waals surface area contributed by atoms with Gasteiger partial charge in [0.15, 0.2) is 0 Å². The molecule has 1 atom stereocenters. The maximum atomic E-state index is 10.3. The summed E-state index contributed by atoms with van der Waals surface area (Å²) in [6.45, 7) is 2.80. The number of hydrogen-bond acceptors (Lipinski definition) is 3. The molecule has 0 aromatic heterocycles. The van der Waals surface area contributed by atoms with E-state index in [1.165, 1.54) is 57.8 Å². The average Bonchev–Trinajstić information content (AvgIpc) is 2.41. The first-order valence-corrected chi connectivity index (χ1v) is 8.72. The molecule has 3 heteroatoms. The van der Waals surface area contributed by atoms with E-state index in [9.17, 15) is 5.11 Å². The van der Waals surface area contributed by atoms with Crippen molar-refractivity contribution >= 4 is 0 Å². The number of hydrogen-bond donors (Lipinski definition) is 3. The molecule has 0 heterocycles. The average molecular weight is 287 g/mol. The van der Waals surface area contributed by atoms with Crippen molar-refractivity contribution in [3.8, 4) is 0 Å². The normalized spacial score (nSPS) is 14.4. The molecule has 0 aliphatic heterocycles. The van der Waals surface area contributed by atoms with Crippen LogP contribution in [0, 0.1) is 0 Å². The summed E-state index contributed by atoms with van der Waals surface area (Å²) < 4.78 is 0. The first-order chi connectivity index (χ1) is 9.68. The molecule has 0 fully saturated rings. The standard InChI is InChI=1S/C17H37NO2/c1-2-3-4-5-6-7-8-9-10-11-12-17(20,13-15-18)14-16-19/h19-20H,2-16,18H2,1H3. The number of aliphatic hydroxyl groups excluding tert-OH is 1. The van der Waals surface area contributed by atoms with Crippen molar-refractivity contribution in [3.05, 3.63) is 0 Å². The van der Waals surface area contributed by atoms with E-state index < -0.39 is 5.60 Å². The molecule has 0 bridgehead atoms. The van der Waals surface area contributed by atoms with E-state index in [2.05, 4.69) is 6.92 Å². The van der Waals surface area contributed by atoms with Gasteiger partial charge < -0.3 is 15.9 Å². The van der Waals surface area contributed by atoms with Crippen molar-refractivity contribution in [2.24, 2.45) is 5.73 Å². The van der Waals surface area contributed by atoms with Gasteiger partial charge in [0.1, 0.15) is 0 Å². The fraction of sp³-hybridized carbons (Fsp3) is 1.00. The summed E-state index contributed by atoms with van der Waals surface area (Å²) in [6, 6.07) is 0. The first kappa shape index (κ1) is 19.9. The van der Waals surface area contributed by atoms with Gasteiger partial charge in [-0.25, -0.2) is 0 Å². The number of aliphatic hydroxyl groups is 2. The van der Waals surface area contributed by atoms with E-state index in [0.717, 1.165) is 12.8 Å². The SMILES string of the molecule is CCCCCCCCCCCCC(O)(CCN)CCO. The molecule has 0 aliphatic carbocycles. The molecule has 0 saturated carbocycles. The molecular weight excluding hydrogens is 250 g/mol. The summed E-state index contributed by atoms with van der Waals surface area (Å²) in [5, 5.41) is 19.3. The second kappa shape index (κ2) is 13.8. The van der Waals surface area contributed by atoms with Crippen molar-refractivity contribution in [1.29, 1.82) is 0 Å². The highest BCUT2D eigenvalue weighted by Crippen LogP contribution is 2.23. The molecule has 0 aromatic rings. The third kappa shape index (κ3) is 11.7. The Labute approximate surface area is 126 Å². The largest absolute Gasteiger partial charge is 0.396 e. The summed E-state index contributed by atoms with van der Waals surface area (Å²) in [5.74, 6) is 0. The van der Waals surface area contributed by atoms with E-state index in [1.807, 2.05) is 0 Å². The van der Waals surface area contributed by atoms with Crippen LogP contribution >= 0.6 is 0 Å². The van der Waals surface area contributed by atoms with E-state index in [-0.39, 0.29) is 6.61 Å². The molecule has 1 unspecified atom stereocenters. The van der Waals surface area contributed by atoms with Gasteiger partial charge in [-0.1, -0.05) is 71.1 Å². The maximum Gasteiger partial charge on any atom is 0.0681 e. The molecule has 0 amide bonds. The summed E-state index contributed by atoms with van der Waals surface area (Å²) in [7, 11) is 0. The highest BCUT2D eigenvalue weighted by atomic mass is 16.3. The van der Waals surface area contributed by atoms with E-state index in [0.29, 0.717) is 19.4 Å². The van der Waals surface area contributed by atoms with Crippen molar-refractivity contribution < 1.29 is 10.2 Å². The Morgan fingerprint density at radius 1 is 0.750 bits per heavy atom. The molecule has 0 saturated heterocycles. The maximum absolute atomic E-state index is 10.3. The van der Waals surface area contributed by atoms with Crippen LogP contribution in [0.3, 0.4) is 0 Å². The zero-order valence-corrected chi connectivity index (χ0v) is 13.6. The van der Waals surface area contributed by atoms with Gasteiger partial charge in [0, 0.05) is 6.61 Å². The third-order valence-corrected chi connectivity index (χ3v) is 4.18. The van der Waals surface area contributed by atoms with Crippen molar-refractivity contribution in [2.75, 3.05) is 13.2 Å². The minimum Gasteiger partial charge on any atom is -0.396 e. The zero-order chi connectivity index (χ0) is 15.1. The molecular formula is C17H37NO2. The molecule has 122 valence electrons. The van der Waals surface area contributed by atoms with Crippen molar-refractivity contribution in [3.63, 3.8) is 0 Å². The minimum absolute atomic E-state index is 0.0499. The predicted octanol–water partition coefficient (Wildman–Crippen LogP) is 3.76. The Morgan fingerprint density at radius 3 is 1.70 bits per heavy atom. The van der Waals surface area contributed by atoms with Crippen LogP contribution in [-0.4, -0.2) is 29.0 Å². The number of unbranched alkanes of at least 4 members (excludes halogenated alkanes) is 9. The quantitative estimate of drug-likeness (QED) is 0.402. The fourth-order valence-corrected chi connectivity index (χ4v) is 2.79. The van der Waals surface area contributed by atoms with Crippen LogP contribution in [0.5, 0.6) is 0 Å². The van der Waals surface area contributed by atoms with Gasteiger partial charge in [-0.2, -0.15) is 0 Å². The summed E-state index contributed by atoms with van der Waals surface area (Å²) in [4.78, 5) is 0. The third-order valence-electron chi connectivity index (χ3n) is 4.18. The lowest BCUT2D eigenvalue weighted by atomic mass is 9.89. The van der Waals surface area contributed by atoms with Crippen LogP contribution in [0.4, 0.5) is 0 Å². The van der Waals surface area contributed by atoms with Gasteiger partial charge in [0.25, 0.3) is 0 Å². The van der Waals surface area contributed by atoms with Gasteiger partial charge in [0.2, 0.25) is 0 Å². The summed E-state index contributed by atoms with van der Waals surface area (Å²) in [5.41, 5.74) is 4.79. The Morgan fingerprint density at radius 2 is 1.25 bits per heavy atom. The van der Waals surface area contributed by atoms with Crippen molar-refractivity contribution in [2.45, 2.75) is 96.0 Å². The lowest BCUT2D eigenvalue weighted by Gasteiger charge is -2.27. The smallest absolute Gasteiger partial charge is 0.0681 e. The van der Waals surface area contributed by atoms with Gasteiger partial charge in [0.05, 0.1) is 5.60 Å². The van der Waals surface area contributed by atoms with Gasteiger partial charge >= 0.3 is 0 Å². The number of rotatable bonds is 15. The molecule has 4 N–H and O–H groups in total. The lowest BCUT2D eigenvalue weighted by molar-refractivity contribution is 0.000229. The minimum atomic E-state index is -0.732. The Bertz CT molecular complexity index is 191. The second-order valence-electron chi connectivity index (χ2n) is 6.17. The van der Waals surface area contributed by atoms with Crippen LogP contribution in [0.15, 0.2) is 0 Å². The molecule has 20 heavy (non-hydrogen) atoms. The Kier molecular flexibility index (Phi) is 13.8. The highest BCUT2D eigenvalue weighted by Gasteiger charge is 2.24. The van der Waals surface area contributed by atoms with Crippen LogP contribution in [0.2, 0.25) is 0 Å². The predicted molar refractivity (Wildman–Crippen MR) is 86.8 cm³/mol. The molecule has 3 nitrogen and oxygen atoms in total. The highest BCUT2D eigenvalue weighted by molar-refractivity contribution is 4.78.